The number of rotatable bonds is 5. The first-order valence-corrected chi connectivity index (χ1v) is 8.07. The van der Waals surface area contributed by atoms with Gasteiger partial charge in [-0.15, -0.1) is 11.3 Å². The molecular formula is C17H16N4OS. The van der Waals surface area contributed by atoms with Gasteiger partial charge in [-0.2, -0.15) is 5.10 Å². The van der Waals surface area contributed by atoms with Crippen molar-refractivity contribution >= 4 is 23.3 Å². The molecule has 2 heterocycles. The van der Waals surface area contributed by atoms with Gasteiger partial charge in [-0.1, -0.05) is 18.2 Å². The fourth-order valence-corrected chi connectivity index (χ4v) is 2.76. The van der Waals surface area contributed by atoms with E-state index in [4.69, 9.17) is 0 Å². The highest BCUT2D eigenvalue weighted by Crippen LogP contribution is 2.15. The summed E-state index contributed by atoms with van der Waals surface area (Å²) in [4.78, 5) is 16.9. The van der Waals surface area contributed by atoms with Gasteiger partial charge in [0, 0.05) is 11.0 Å². The molecule has 1 N–H and O–H groups in total. The molecule has 1 aromatic carbocycles. The van der Waals surface area contributed by atoms with E-state index in [1.54, 1.807) is 28.4 Å². The van der Waals surface area contributed by atoms with Crippen molar-refractivity contribution in [2.75, 3.05) is 0 Å². The lowest BCUT2D eigenvalue weighted by Gasteiger charge is -2.13. The number of hydrogen-bond donors (Lipinski definition) is 1. The lowest BCUT2D eigenvalue weighted by molar-refractivity contribution is -0.117. The Morgan fingerprint density at radius 2 is 2.13 bits per heavy atom. The number of nitrogens with zero attached hydrogens (tertiary/aromatic N) is 3. The first kappa shape index (κ1) is 15.2. The van der Waals surface area contributed by atoms with E-state index in [1.165, 1.54) is 6.33 Å². The van der Waals surface area contributed by atoms with E-state index in [0.29, 0.717) is 0 Å². The van der Waals surface area contributed by atoms with E-state index >= 15 is 0 Å². The second kappa shape index (κ2) is 7.02. The molecule has 23 heavy (non-hydrogen) atoms. The average Bonchev–Trinajstić information content (AvgIpc) is 3.26. The summed E-state index contributed by atoms with van der Waals surface area (Å²) in [6, 6.07) is 11.7. The van der Waals surface area contributed by atoms with Gasteiger partial charge in [-0.05, 0) is 42.1 Å². The van der Waals surface area contributed by atoms with Crippen LogP contribution in [0.25, 0.3) is 11.8 Å². The van der Waals surface area contributed by atoms with Crippen molar-refractivity contribution < 1.29 is 4.79 Å². The number of nitrogens with one attached hydrogen (secondary N) is 1. The van der Waals surface area contributed by atoms with E-state index in [1.807, 2.05) is 54.8 Å². The Morgan fingerprint density at radius 3 is 2.78 bits per heavy atom. The normalized spacial score (nSPS) is 12.4. The Morgan fingerprint density at radius 1 is 1.30 bits per heavy atom. The van der Waals surface area contributed by atoms with Gasteiger partial charge < -0.3 is 5.32 Å². The monoisotopic (exact) mass is 324 g/mol. The molecule has 0 spiro atoms. The Bertz CT molecular complexity index is 777. The van der Waals surface area contributed by atoms with E-state index in [-0.39, 0.29) is 11.9 Å². The van der Waals surface area contributed by atoms with E-state index in [0.717, 1.165) is 16.1 Å². The molecule has 0 aliphatic carbocycles. The van der Waals surface area contributed by atoms with Crippen LogP contribution < -0.4 is 5.32 Å². The van der Waals surface area contributed by atoms with E-state index < -0.39 is 0 Å². The smallest absolute Gasteiger partial charge is 0.244 e. The zero-order chi connectivity index (χ0) is 16.1. The van der Waals surface area contributed by atoms with Crippen LogP contribution in [-0.2, 0) is 4.79 Å². The van der Waals surface area contributed by atoms with Crippen LogP contribution in [0, 0.1) is 0 Å². The van der Waals surface area contributed by atoms with Crippen LogP contribution in [0.15, 0.2) is 60.5 Å². The highest BCUT2D eigenvalue weighted by molar-refractivity contribution is 7.10. The van der Waals surface area contributed by atoms with E-state index in [9.17, 15) is 4.79 Å². The highest BCUT2D eigenvalue weighted by Gasteiger charge is 2.08. The number of aromatic nitrogens is 3. The Kier molecular flexibility index (Phi) is 4.63. The molecule has 5 nitrogen and oxygen atoms in total. The third kappa shape index (κ3) is 3.92. The molecule has 1 atom stereocenters. The fourth-order valence-electron chi connectivity index (χ4n) is 2.15. The fraction of sp³-hybridized carbons (Fsp3) is 0.118. The largest absolute Gasteiger partial charge is 0.346 e. The summed E-state index contributed by atoms with van der Waals surface area (Å²) in [5, 5.41) is 9.03. The van der Waals surface area contributed by atoms with Crippen LogP contribution in [0.5, 0.6) is 0 Å². The van der Waals surface area contributed by atoms with Gasteiger partial charge in [0.2, 0.25) is 5.91 Å². The van der Waals surface area contributed by atoms with Crippen LogP contribution >= 0.6 is 11.3 Å². The van der Waals surface area contributed by atoms with Gasteiger partial charge in [0.25, 0.3) is 0 Å². The summed E-state index contributed by atoms with van der Waals surface area (Å²) >= 11 is 1.60. The van der Waals surface area contributed by atoms with E-state index in [2.05, 4.69) is 15.4 Å². The maximum absolute atomic E-state index is 12.0. The maximum Gasteiger partial charge on any atom is 0.244 e. The molecule has 1 unspecified atom stereocenters. The molecule has 0 aliphatic rings. The number of carbonyl (C=O) groups is 1. The predicted octanol–water partition coefficient (Wildman–Crippen LogP) is 3.22. The highest BCUT2D eigenvalue weighted by atomic mass is 32.1. The SMILES string of the molecule is CC(NC(=O)/C=C/c1cccs1)c1ccc(-n2cncn2)cc1. The Balaban J connectivity index is 1.61. The molecule has 3 rings (SSSR count). The summed E-state index contributed by atoms with van der Waals surface area (Å²) < 4.78 is 1.69. The van der Waals surface area contributed by atoms with Crippen molar-refractivity contribution in [3.05, 3.63) is 70.9 Å². The molecule has 6 heteroatoms. The minimum absolute atomic E-state index is 0.0692. The van der Waals surface area contributed by atoms with Crippen LogP contribution in [0.2, 0.25) is 0 Å². The lowest BCUT2D eigenvalue weighted by Crippen LogP contribution is -2.24. The zero-order valence-electron chi connectivity index (χ0n) is 12.6. The van der Waals surface area contributed by atoms with Gasteiger partial charge in [0.15, 0.2) is 0 Å². The van der Waals surface area contributed by atoms with Gasteiger partial charge in [0.05, 0.1) is 11.7 Å². The van der Waals surface area contributed by atoms with Crippen LogP contribution in [0.4, 0.5) is 0 Å². The molecule has 0 saturated heterocycles. The number of hydrogen-bond acceptors (Lipinski definition) is 4. The number of amides is 1. The van der Waals surface area contributed by atoms with Crippen molar-refractivity contribution in [1.29, 1.82) is 0 Å². The van der Waals surface area contributed by atoms with Crippen LogP contribution in [0.1, 0.15) is 23.4 Å². The number of benzene rings is 1. The van der Waals surface area contributed by atoms with Gasteiger partial charge in [-0.3, -0.25) is 4.79 Å². The van der Waals surface area contributed by atoms with Crippen molar-refractivity contribution in [3.8, 4) is 5.69 Å². The zero-order valence-corrected chi connectivity index (χ0v) is 13.4. The summed E-state index contributed by atoms with van der Waals surface area (Å²) in [5.74, 6) is -0.105. The van der Waals surface area contributed by atoms with Gasteiger partial charge in [0.1, 0.15) is 12.7 Å². The number of carbonyl (C=O) groups excluding carboxylic acids is 1. The number of thiophene rings is 1. The standard InChI is InChI=1S/C17H16N4OS/c1-13(20-17(22)9-8-16-3-2-10-23-16)14-4-6-15(7-5-14)21-12-18-11-19-21/h2-13H,1H3,(H,20,22)/b9-8+. The third-order valence-electron chi connectivity index (χ3n) is 3.38. The topological polar surface area (TPSA) is 59.8 Å². The second-order valence-corrected chi connectivity index (χ2v) is 5.99. The summed E-state index contributed by atoms with van der Waals surface area (Å²) in [6.45, 7) is 1.96. The molecule has 116 valence electrons. The Labute approximate surface area is 138 Å². The first-order chi connectivity index (χ1) is 11.2. The minimum atomic E-state index is -0.105. The summed E-state index contributed by atoms with van der Waals surface area (Å²) in [5.41, 5.74) is 1.97. The molecule has 0 bridgehead atoms. The molecule has 0 fully saturated rings. The molecule has 3 aromatic rings. The van der Waals surface area contributed by atoms with Crippen molar-refractivity contribution in [2.24, 2.45) is 0 Å². The van der Waals surface area contributed by atoms with Crippen LogP contribution in [0.3, 0.4) is 0 Å². The van der Waals surface area contributed by atoms with Crippen molar-refractivity contribution in [1.82, 2.24) is 20.1 Å². The summed E-state index contributed by atoms with van der Waals surface area (Å²) in [7, 11) is 0. The van der Waals surface area contributed by atoms with Gasteiger partial charge >= 0.3 is 0 Å². The predicted molar refractivity (Wildman–Crippen MR) is 91.3 cm³/mol. The van der Waals surface area contributed by atoms with Crippen molar-refractivity contribution in [3.63, 3.8) is 0 Å². The third-order valence-corrected chi connectivity index (χ3v) is 4.21. The van der Waals surface area contributed by atoms with Gasteiger partial charge in [-0.25, -0.2) is 9.67 Å². The molecular weight excluding hydrogens is 308 g/mol. The summed E-state index contributed by atoms with van der Waals surface area (Å²) in [6.07, 6.45) is 6.53. The second-order valence-electron chi connectivity index (χ2n) is 5.01. The molecule has 2 aromatic heterocycles. The van der Waals surface area contributed by atoms with Crippen molar-refractivity contribution in [2.45, 2.75) is 13.0 Å². The first-order valence-electron chi connectivity index (χ1n) is 7.19. The lowest BCUT2D eigenvalue weighted by atomic mass is 10.1. The molecule has 0 saturated carbocycles. The minimum Gasteiger partial charge on any atom is -0.346 e. The molecule has 0 radical (unpaired) electrons. The quantitative estimate of drug-likeness (QED) is 0.733. The molecule has 0 aliphatic heterocycles. The van der Waals surface area contributed by atoms with Crippen LogP contribution in [-0.4, -0.2) is 20.7 Å². The Hall–Kier alpha value is -2.73. The maximum atomic E-state index is 12.0. The molecule has 1 amide bonds. The average molecular weight is 324 g/mol.